The number of aromatic nitrogens is 1. The molecule has 0 aliphatic carbocycles. The van der Waals surface area contributed by atoms with Crippen molar-refractivity contribution in [2.75, 3.05) is 55.4 Å². The zero-order valence-corrected chi connectivity index (χ0v) is 32.4. The number of piperazine rings is 1. The highest BCUT2D eigenvalue weighted by Gasteiger charge is 2.32. The molecule has 298 valence electrons. The predicted molar refractivity (Wildman–Crippen MR) is 207 cm³/mol. The van der Waals surface area contributed by atoms with E-state index in [0.717, 1.165) is 17.8 Å². The van der Waals surface area contributed by atoms with Crippen molar-refractivity contribution in [2.45, 2.75) is 57.1 Å². The lowest BCUT2D eigenvalue weighted by atomic mass is 9.89. The van der Waals surface area contributed by atoms with E-state index in [0.29, 0.717) is 80.4 Å². The van der Waals surface area contributed by atoms with Gasteiger partial charge in [0.25, 0.3) is 5.91 Å². The number of carbonyl (C=O) groups excluding carboxylic acids is 2. The lowest BCUT2D eigenvalue weighted by molar-refractivity contribution is -0.156. The maximum Gasteiger partial charge on any atom is 0.433 e. The van der Waals surface area contributed by atoms with E-state index in [1.165, 1.54) is 6.07 Å². The van der Waals surface area contributed by atoms with Gasteiger partial charge in [0.1, 0.15) is 22.8 Å². The number of nitrogens with zero attached hydrogens (tertiary/aromatic N) is 4. The van der Waals surface area contributed by atoms with Gasteiger partial charge in [-0.05, 0) is 93.1 Å². The quantitative estimate of drug-likeness (QED) is 0.156. The molecule has 1 aromatic heterocycles. The zero-order valence-electron chi connectivity index (χ0n) is 31.6. The van der Waals surface area contributed by atoms with E-state index in [1.807, 2.05) is 43.9 Å². The molecule has 56 heavy (non-hydrogen) atoms. The van der Waals surface area contributed by atoms with Crippen LogP contribution in [-0.4, -0.2) is 86.5 Å². The molecule has 2 saturated heterocycles. The van der Waals surface area contributed by atoms with Gasteiger partial charge in [0.05, 0.1) is 29.9 Å². The molecule has 0 spiro atoms. The highest BCUT2D eigenvalue weighted by molar-refractivity contribution is 7.91. The topological polar surface area (TPSA) is 121 Å². The number of hydrogen-bond acceptors (Lipinski definition) is 9. The van der Waals surface area contributed by atoms with Crippen LogP contribution in [0.5, 0.6) is 11.5 Å². The van der Waals surface area contributed by atoms with Crippen LogP contribution in [0.15, 0.2) is 91.1 Å². The van der Waals surface area contributed by atoms with Crippen molar-refractivity contribution in [2.24, 2.45) is 0 Å². The second-order valence-electron chi connectivity index (χ2n) is 15.0. The summed E-state index contributed by atoms with van der Waals surface area (Å²) in [6.45, 7) is 8.85. The number of carbonyl (C=O) groups is 2. The fraction of sp³-hybridized carbons (Fsp3) is 0.390. The molecule has 2 fully saturated rings. The first-order valence-corrected chi connectivity index (χ1v) is 20.1. The van der Waals surface area contributed by atoms with Crippen LogP contribution < -0.4 is 14.4 Å². The average molecular weight is 794 g/mol. The number of alkyl halides is 3. The highest BCUT2D eigenvalue weighted by atomic mass is 32.2. The summed E-state index contributed by atoms with van der Waals surface area (Å²) in [5.41, 5.74) is 1.45. The molecule has 0 unspecified atom stereocenters. The van der Waals surface area contributed by atoms with Gasteiger partial charge in [-0.15, -0.1) is 0 Å². The van der Waals surface area contributed by atoms with Gasteiger partial charge in [-0.3, -0.25) is 19.2 Å². The van der Waals surface area contributed by atoms with Crippen molar-refractivity contribution in [3.63, 3.8) is 0 Å². The number of sulfonamides is 1. The Morgan fingerprint density at radius 1 is 0.839 bits per heavy atom. The van der Waals surface area contributed by atoms with Crippen molar-refractivity contribution in [3.8, 4) is 11.5 Å². The number of amides is 1. The Morgan fingerprint density at radius 2 is 1.50 bits per heavy atom. The van der Waals surface area contributed by atoms with Crippen LogP contribution in [0.3, 0.4) is 0 Å². The third kappa shape index (κ3) is 11.0. The Bertz CT molecular complexity index is 2080. The molecule has 2 aliphatic rings. The van der Waals surface area contributed by atoms with E-state index in [9.17, 15) is 31.2 Å². The van der Waals surface area contributed by atoms with Crippen LogP contribution in [0, 0.1) is 0 Å². The molecule has 0 saturated carbocycles. The molecule has 1 amide bonds. The number of pyridine rings is 1. The number of hydrogen-bond donors (Lipinski definition) is 1. The van der Waals surface area contributed by atoms with Gasteiger partial charge in [0.2, 0.25) is 10.0 Å². The summed E-state index contributed by atoms with van der Waals surface area (Å²) in [6.07, 6.45) is -2.08. The number of ether oxygens (including phenoxy) is 2. The minimum absolute atomic E-state index is 0.162. The molecular formula is C41H46F3N5O6S. The molecule has 3 heterocycles. The van der Waals surface area contributed by atoms with E-state index in [-0.39, 0.29) is 35.8 Å². The Labute approximate surface area is 325 Å². The molecule has 2 aliphatic heterocycles. The largest absolute Gasteiger partial charge is 0.459 e. The maximum atomic E-state index is 13.9. The molecule has 4 aromatic rings. The SMILES string of the molecule is CC(C)(C)OC(=O)CN1CCN(c2ccc(C(=O)N3CCC(c4ccc(Oc5ccc(C(F)(F)F)nc5)cc4)CC3)cc2NS(=O)(=O)Cc2ccccc2)CC1. The number of esters is 1. The fourth-order valence-corrected chi connectivity index (χ4v) is 8.08. The van der Waals surface area contributed by atoms with E-state index in [1.54, 1.807) is 59.5 Å². The molecule has 3 aromatic carbocycles. The minimum Gasteiger partial charge on any atom is -0.459 e. The summed E-state index contributed by atoms with van der Waals surface area (Å²) in [7, 11) is -3.85. The number of benzene rings is 3. The number of likely N-dealkylation sites (tertiary alicyclic amines) is 1. The maximum absolute atomic E-state index is 13.9. The normalized spacial score (nSPS) is 16.0. The summed E-state index contributed by atoms with van der Waals surface area (Å²) < 4.78 is 79.4. The summed E-state index contributed by atoms with van der Waals surface area (Å²) in [6, 6.07) is 23.5. The molecule has 0 bridgehead atoms. The van der Waals surface area contributed by atoms with E-state index in [4.69, 9.17) is 9.47 Å². The fourth-order valence-electron chi connectivity index (χ4n) is 6.88. The van der Waals surface area contributed by atoms with Gasteiger partial charge >= 0.3 is 12.1 Å². The Kier molecular flexibility index (Phi) is 12.2. The van der Waals surface area contributed by atoms with Crippen molar-refractivity contribution >= 4 is 33.3 Å². The second-order valence-corrected chi connectivity index (χ2v) is 16.8. The smallest absolute Gasteiger partial charge is 0.433 e. The van der Waals surface area contributed by atoms with Crippen molar-refractivity contribution < 1.29 is 40.7 Å². The van der Waals surface area contributed by atoms with Gasteiger partial charge in [0, 0.05) is 44.8 Å². The first-order chi connectivity index (χ1) is 26.5. The molecule has 0 atom stereocenters. The molecule has 0 radical (unpaired) electrons. The standard InChI is InChI=1S/C41H46F3N5O6S/c1-40(2,3)55-38(50)27-47-21-23-48(24-22-47)36-15-11-32(25-35(36)46-56(52,53)28-29-7-5-4-6-8-29)39(51)49-19-17-31(18-20-49)30-9-12-33(13-10-30)54-34-14-16-37(45-26-34)41(42,43)44/h4-16,25-26,31,46H,17-24,27-28H2,1-3H3. The second kappa shape index (κ2) is 16.9. The Morgan fingerprint density at radius 3 is 2.11 bits per heavy atom. The molecular weight excluding hydrogens is 748 g/mol. The Balaban J connectivity index is 1.10. The lowest BCUT2D eigenvalue weighted by Gasteiger charge is -2.37. The van der Waals surface area contributed by atoms with Gasteiger partial charge in [-0.25, -0.2) is 13.4 Å². The first kappa shape index (κ1) is 40.5. The molecule has 6 rings (SSSR count). The number of piperidine rings is 1. The van der Waals surface area contributed by atoms with Crippen molar-refractivity contribution in [1.29, 1.82) is 0 Å². The minimum atomic E-state index is -4.53. The molecule has 15 heteroatoms. The summed E-state index contributed by atoms with van der Waals surface area (Å²) in [5.74, 6) is 0.0988. The van der Waals surface area contributed by atoms with Crippen LogP contribution in [0.2, 0.25) is 0 Å². The summed E-state index contributed by atoms with van der Waals surface area (Å²) >= 11 is 0. The summed E-state index contributed by atoms with van der Waals surface area (Å²) in [4.78, 5) is 35.6. The number of rotatable bonds is 11. The monoisotopic (exact) mass is 793 g/mol. The number of anilines is 2. The highest BCUT2D eigenvalue weighted by Crippen LogP contribution is 2.34. The van der Waals surface area contributed by atoms with Crippen molar-refractivity contribution in [3.05, 3.63) is 114 Å². The predicted octanol–water partition coefficient (Wildman–Crippen LogP) is 7.32. The summed E-state index contributed by atoms with van der Waals surface area (Å²) in [5, 5.41) is 0. The van der Waals surface area contributed by atoms with Gasteiger partial charge < -0.3 is 19.3 Å². The van der Waals surface area contributed by atoms with Crippen LogP contribution in [-0.2, 0) is 31.5 Å². The number of nitrogens with one attached hydrogen (secondary N) is 1. The van der Waals surface area contributed by atoms with Gasteiger partial charge in [-0.1, -0.05) is 42.5 Å². The van der Waals surface area contributed by atoms with E-state index in [2.05, 4.69) is 14.6 Å². The van der Waals surface area contributed by atoms with Crippen LogP contribution in [0.4, 0.5) is 24.5 Å². The van der Waals surface area contributed by atoms with Gasteiger partial charge in [0.15, 0.2) is 0 Å². The van der Waals surface area contributed by atoms with Crippen LogP contribution in [0.1, 0.15) is 66.7 Å². The lowest BCUT2D eigenvalue weighted by Crippen LogP contribution is -2.49. The van der Waals surface area contributed by atoms with E-state index < -0.39 is 27.5 Å². The van der Waals surface area contributed by atoms with Gasteiger partial charge in [-0.2, -0.15) is 13.2 Å². The van der Waals surface area contributed by atoms with E-state index >= 15 is 0 Å². The zero-order chi connectivity index (χ0) is 40.1. The third-order valence-corrected chi connectivity index (χ3v) is 10.8. The van der Waals surface area contributed by atoms with Crippen LogP contribution >= 0.6 is 0 Å². The van der Waals surface area contributed by atoms with Crippen molar-refractivity contribution in [1.82, 2.24) is 14.8 Å². The molecule has 11 nitrogen and oxygen atoms in total. The Hall–Kier alpha value is -5.15. The first-order valence-electron chi connectivity index (χ1n) is 18.5. The third-order valence-electron chi connectivity index (χ3n) is 9.59. The van der Waals surface area contributed by atoms with Crippen LogP contribution in [0.25, 0.3) is 0 Å². The molecule has 1 N–H and O–H groups in total. The average Bonchev–Trinajstić information content (AvgIpc) is 3.14. The number of halogens is 3.